The van der Waals surface area contributed by atoms with Crippen LogP contribution in [0.3, 0.4) is 0 Å². The summed E-state index contributed by atoms with van der Waals surface area (Å²) < 4.78 is 1.74. The Morgan fingerprint density at radius 2 is 1.97 bits per heavy atom. The first kappa shape index (κ1) is 21.9. The van der Waals surface area contributed by atoms with E-state index in [1.807, 2.05) is 38.1 Å². The van der Waals surface area contributed by atoms with Crippen LogP contribution in [0.15, 0.2) is 52.4 Å². The van der Waals surface area contributed by atoms with E-state index in [0.717, 1.165) is 58.3 Å². The van der Waals surface area contributed by atoms with Crippen molar-refractivity contribution in [2.45, 2.75) is 50.4 Å². The summed E-state index contributed by atoms with van der Waals surface area (Å²) in [6.07, 6.45) is 4.19. The maximum Gasteiger partial charge on any atom is 0.269 e. The fraction of sp³-hybridized carbons (Fsp3) is 0.280. The van der Waals surface area contributed by atoms with Gasteiger partial charge in [-0.2, -0.15) is 0 Å². The highest BCUT2D eigenvalue weighted by Crippen LogP contribution is 2.36. The second-order valence-electron chi connectivity index (χ2n) is 8.43. The van der Waals surface area contributed by atoms with E-state index in [-0.39, 0.29) is 16.2 Å². The predicted molar refractivity (Wildman–Crippen MR) is 134 cm³/mol. The third-order valence-corrected chi connectivity index (χ3v) is 8.25. The van der Waals surface area contributed by atoms with Crippen LogP contribution >= 0.6 is 23.1 Å². The molecule has 0 radical (unpaired) electrons. The molecule has 4 aromatic rings. The van der Waals surface area contributed by atoms with Gasteiger partial charge in [0.25, 0.3) is 11.2 Å². The zero-order valence-corrected chi connectivity index (χ0v) is 20.1. The van der Waals surface area contributed by atoms with E-state index in [9.17, 15) is 14.9 Å². The number of hydrogen-bond donors (Lipinski definition) is 0. The Bertz CT molecular complexity index is 1460. The molecule has 2 aromatic carbocycles. The summed E-state index contributed by atoms with van der Waals surface area (Å²) in [5, 5.41) is 12.5. The van der Waals surface area contributed by atoms with E-state index in [2.05, 4.69) is 0 Å². The molecule has 1 aliphatic rings. The van der Waals surface area contributed by atoms with Gasteiger partial charge in [-0.05, 0) is 67.9 Å². The fourth-order valence-corrected chi connectivity index (χ4v) is 6.61. The van der Waals surface area contributed by atoms with E-state index in [1.54, 1.807) is 28.0 Å². The highest BCUT2D eigenvalue weighted by Gasteiger charge is 2.23. The molecule has 0 amide bonds. The van der Waals surface area contributed by atoms with Crippen LogP contribution in [0.1, 0.15) is 40.0 Å². The normalized spacial score (nSPS) is 13.3. The number of thioether (sulfide) groups is 1. The first-order valence-electron chi connectivity index (χ1n) is 10.9. The van der Waals surface area contributed by atoms with Gasteiger partial charge in [0, 0.05) is 22.8 Å². The summed E-state index contributed by atoms with van der Waals surface area (Å²) in [5.74, 6) is 0.482. The van der Waals surface area contributed by atoms with Gasteiger partial charge >= 0.3 is 0 Å². The summed E-state index contributed by atoms with van der Waals surface area (Å²) in [6, 6.07) is 12.7. The monoisotopic (exact) mass is 477 g/mol. The first-order chi connectivity index (χ1) is 15.9. The fourth-order valence-electron chi connectivity index (χ4n) is 4.36. The van der Waals surface area contributed by atoms with Crippen molar-refractivity contribution >= 4 is 39.0 Å². The van der Waals surface area contributed by atoms with E-state index >= 15 is 0 Å². The number of rotatable bonds is 5. The second-order valence-corrected chi connectivity index (χ2v) is 10.5. The number of non-ortho nitro benzene ring substituents is 1. The molecule has 2 heterocycles. The van der Waals surface area contributed by atoms with Gasteiger partial charge in [0.05, 0.1) is 16.0 Å². The molecule has 0 saturated carbocycles. The lowest BCUT2D eigenvalue weighted by atomic mass is 9.97. The molecule has 0 N–H and O–H groups in total. The number of nitro benzene ring substituents is 1. The van der Waals surface area contributed by atoms with Gasteiger partial charge in [-0.15, -0.1) is 11.3 Å². The molecule has 168 valence electrons. The van der Waals surface area contributed by atoms with E-state index in [4.69, 9.17) is 4.98 Å². The minimum atomic E-state index is -0.388. The topological polar surface area (TPSA) is 78.0 Å². The zero-order valence-electron chi connectivity index (χ0n) is 18.5. The van der Waals surface area contributed by atoms with Gasteiger partial charge in [-0.3, -0.25) is 19.5 Å². The molecular weight excluding hydrogens is 454 g/mol. The molecule has 0 fully saturated rings. The third kappa shape index (κ3) is 4.09. The van der Waals surface area contributed by atoms with Gasteiger partial charge in [0.1, 0.15) is 4.83 Å². The number of benzene rings is 2. The quantitative estimate of drug-likeness (QED) is 0.149. The molecule has 1 aliphatic carbocycles. The lowest BCUT2D eigenvalue weighted by Gasteiger charge is -2.16. The van der Waals surface area contributed by atoms with Gasteiger partial charge in [0.2, 0.25) is 0 Å². The van der Waals surface area contributed by atoms with Crippen molar-refractivity contribution in [1.29, 1.82) is 0 Å². The van der Waals surface area contributed by atoms with Crippen molar-refractivity contribution in [2.24, 2.45) is 0 Å². The lowest BCUT2D eigenvalue weighted by Crippen LogP contribution is -2.23. The summed E-state index contributed by atoms with van der Waals surface area (Å²) in [7, 11) is 0. The largest absolute Gasteiger partial charge is 0.269 e. The average molecular weight is 478 g/mol. The number of hydrogen-bond acceptors (Lipinski definition) is 6. The number of thiophene rings is 1. The molecule has 0 unspecified atom stereocenters. The predicted octanol–water partition coefficient (Wildman–Crippen LogP) is 6.14. The van der Waals surface area contributed by atoms with Gasteiger partial charge in [0.15, 0.2) is 5.16 Å². The molecule has 0 bridgehead atoms. The lowest BCUT2D eigenvalue weighted by molar-refractivity contribution is -0.384. The van der Waals surface area contributed by atoms with Crippen LogP contribution in [0.25, 0.3) is 15.9 Å². The average Bonchev–Trinajstić information content (AvgIpc) is 3.18. The van der Waals surface area contributed by atoms with Crippen LogP contribution in [0.5, 0.6) is 0 Å². The number of fused-ring (bicyclic) bond motifs is 3. The third-order valence-electron chi connectivity index (χ3n) is 6.05. The second kappa shape index (κ2) is 8.76. The van der Waals surface area contributed by atoms with Gasteiger partial charge in [-0.25, -0.2) is 4.98 Å². The molecule has 0 spiro atoms. The molecule has 8 heteroatoms. The van der Waals surface area contributed by atoms with E-state index < -0.39 is 0 Å². The highest BCUT2D eigenvalue weighted by atomic mass is 32.2. The first-order valence-corrected chi connectivity index (χ1v) is 12.7. The Hall–Kier alpha value is -2.97. The van der Waals surface area contributed by atoms with Gasteiger partial charge < -0.3 is 0 Å². The van der Waals surface area contributed by atoms with Crippen LogP contribution in [-0.4, -0.2) is 14.5 Å². The van der Waals surface area contributed by atoms with E-state index in [1.165, 1.54) is 28.3 Å². The molecule has 5 rings (SSSR count). The smallest absolute Gasteiger partial charge is 0.268 e. The Morgan fingerprint density at radius 1 is 1.15 bits per heavy atom. The van der Waals surface area contributed by atoms with Crippen LogP contribution in [0.4, 0.5) is 5.69 Å². The Balaban J connectivity index is 1.66. The standard InChI is InChI=1S/C25H23N3O3S2/c1-15-10-11-16(2)20(12-15)27-24(29)22-19-8-3-4-9-21(19)33-23(22)26-25(27)32-14-17-6-5-7-18(13-17)28(30)31/h5-7,10-13H,3-4,8-9,14H2,1-2H3. The van der Waals surface area contributed by atoms with E-state index in [0.29, 0.717) is 10.9 Å². The molecule has 6 nitrogen and oxygen atoms in total. The number of nitro groups is 1. The van der Waals surface area contributed by atoms with Crippen molar-refractivity contribution < 1.29 is 4.92 Å². The Morgan fingerprint density at radius 3 is 2.79 bits per heavy atom. The summed E-state index contributed by atoms with van der Waals surface area (Å²) in [4.78, 5) is 31.8. The number of aryl methyl sites for hydroxylation is 4. The van der Waals surface area contributed by atoms with Crippen LogP contribution in [-0.2, 0) is 18.6 Å². The van der Waals surface area contributed by atoms with Crippen LogP contribution in [0, 0.1) is 24.0 Å². The SMILES string of the molecule is Cc1ccc(C)c(-n2c(SCc3cccc([N+](=O)[O-])c3)nc3sc4c(c3c2=O)CCCC4)c1. The minimum Gasteiger partial charge on any atom is -0.268 e. The summed E-state index contributed by atoms with van der Waals surface area (Å²) >= 11 is 3.08. The summed E-state index contributed by atoms with van der Waals surface area (Å²) in [6.45, 7) is 4.02. The molecule has 0 aliphatic heterocycles. The number of aromatic nitrogens is 2. The van der Waals surface area contributed by atoms with Crippen molar-refractivity contribution in [3.05, 3.63) is 90.1 Å². The Kier molecular flexibility index (Phi) is 5.80. The van der Waals surface area contributed by atoms with Crippen molar-refractivity contribution in [3.63, 3.8) is 0 Å². The van der Waals surface area contributed by atoms with Crippen LogP contribution < -0.4 is 5.56 Å². The van der Waals surface area contributed by atoms with Crippen LogP contribution in [0.2, 0.25) is 0 Å². The molecule has 0 saturated heterocycles. The van der Waals surface area contributed by atoms with Gasteiger partial charge in [-0.1, -0.05) is 36.0 Å². The van der Waals surface area contributed by atoms with Crippen molar-refractivity contribution in [3.8, 4) is 5.69 Å². The molecular formula is C25H23N3O3S2. The molecule has 2 aromatic heterocycles. The maximum atomic E-state index is 13.9. The minimum absolute atomic E-state index is 0.0188. The van der Waals surface area contributed by atoms with Crippen molar-refractivity contribution in [2.75, 3.05) is 0 Å². The summed E-state index contributed by atoms with van der Waals surface area (Å²) in [5.41, 5.74) is 4.96. The maximum absolute atomic E-state index is 13.9. The number of nitrogens with zero attached hydrogens (tertiary/aromatic N) is 3. The zero-order chi connectivity index (χ0) is 23.1. The molecule has 33 heavy (non-hydrogen) atoms. The Labute approximate surface area is 199 Å². The van der Waals surface area contributed by atoms with Crippen molar-refractivity contribution in [1.82, 2.24) is 9.55 Å². The molecule has 0 atom stereocenters. The highest BCUT2D eigenvalue weighted by molar-refractivity contribution is 7.98.